The molecule has 0 aromatic carbocycles. The number of ether oxygens (including phenoxy) is 15. The van der Waals surface area contributed by atoms with Crippen molar-refractivity contribution in [2.24, 2.45) is 0 Å². The van der Waals surface area contributed by atoms with Crippen molar-refractivity contribution in [1.29, 1.82) is 0 Å². The molecule has 29 N–H and O–H groups in total. The summed E-state index contributed by atoms with van der Waals surface area (Å²) < 4.78 is 86.1. The smallest absolute Gasteiger partial charge is 0.364 e. The van der Waals surface area contributed by atoms with E-state index in [0.717, 1.165) is 6.92 Å². The summed E-state index contributed by atoms with van der Waals surface area (Å²) in [7, 11) is 0. The number of carbonyl (C=O) groups is 2. The molecule has 8 rings (SSSR count). The molecule has 42 atom stereocenters. The number of amides is 1. The lowest BCUT2D eigenvalue weighted by Gasteiger charge is -2.51. The van der Waals surface area contributed by atoms with Crippen LogP contribution in [0.2, 0.25) is 0 Å². The van der Waals surface area contributed by atoms with Gasteiger partial charge in [0.1, 0.15) is 201 Å². The number of aliphatic hydroxyl groups is 27. The van der Waals surface area contributed by atoms with Crippen molar-refractivity contribution in [1.82, 2.24) is 5.32 Å². The van der Waals surface area contributed by atoms with E-state index in [-0.39, 0.29) is 0 Å². The third kappa shape index (κ3) is 17.4. The molecule has 0 radical (unpaired) electrons. The van der Waals surface area contributed by atoms with Crippen LogP contribution in [0.1, 0.15) is 13.3 Å². The molecule has 15 unspecified atom stereocenters. The molecule has 0 aliphatic carbocycles. The van der Waals surface area contributed by atoms with Crippen molar-refractivity contribution >= 4 is 11.9 Å². The molecule has 46 nitrogen and oxygen atoms in total. The Hall–Kier alpha value is -2.74. The highest BCUT2D eigenvalue weighted by molar-refractivity contribution is 5.75. The molecule has 8 aliphatic rings. The van der Waals surface area contributed by atoms with Gasteiger partial charge in [0.15, 0.2) is 44.0 Å². The van der Waals surface area contributed by atoms with E-state index in [4.69, 9.17) is 71.1 Å². The number of hydrogen-bond donors (Lipinski definition) is 29. The Morgan fingerprint density at radius 3 is 1.17 bits per heavy atom. The van der Waals surface area contributed by atoms with E-state index in [0.29, 0.717) is 0 Å². The van der Waals surface area contributed by atoms with Crippen LogP contribution in [0, 0.1) is 0 Å². The molecular formula is C54H91NO45. The molecule has 0 aromatic rings. The Kier molecular flexibility index (Phi) is 29.3. The zero-order valence-corrected chi connectivity index (χ0v) is 52.5. The second-order valence-electron chi connectivity index (χ2n) is 25.1. The number of hydrogen-bond acceptors (Lipinski definition) is 44. The van der Waals surface area contributed by atoms with Gasteiger partial charge in [0, 0.05) is 13.3 Å². The number of carbonyl (C=O) groups excluding carboxylic acids is 1. The van der Waals surface area contributed by atoms with Gasteiger partial charge in [-0.25, -0.2) is 4.79 Å². The number of carboxylic acid groups (broad SMARTS) is 1. The van der Waals surface area contributed by atoms with Gasteiger partial charge in [-0.1, -0.05) is 0 Å². The number of nitrogens with one attached hydrogen (secondary N) is 1. The van der Waals surface area contributed by atoms with E-state index in [9.17, 15) is 153 Å². The summed E-state index contributed by atoms with van der Waals surface area (Å²) in [5.74, 6) is -6.18. The van der Waals surface area contributed by atoms with Gasteiger partial charge in [0.2, 0.25) is 5.91 Å². The third-order valence-electron chi connectivity index (χ3n) is 18.3. The van der Waals surface area contributed by atoms with Crippen molar-refractivity contribution in [2.45, 2.75) is 271 Å². The Bertz CT molecular complexity index is 2550. The molecule has 582 valence electrons. The molecule has 1 amide bonds. The van der Waals surface area contributed by atoms with Crippen molar-refractivity contribution in [3.63, 3.8) is 0 Å². The van der Waals surface area contributed by atoms with Gasteiger partial charge in [-0.05, 0) is 0 Å². The van der Waals surface area contributed by atoms with Crippen molar-refractivity contribution in [2.75, 3.05) is 52.9 Å². The number of aliphatic hydroxyl groups excluding tert-OH is 26. The highest BCUT2D eigenvalue weighted by Gasteiger charge is 2.62. The van der Waals surface area contributed by atoms with Crippen LogP contribution >= 0.6 is 0 Å². The first-order chi connectivity index (χ1) is 47.1. The molecule has 0 spiro atoms. The summed E-state index contributed by atoms with van der Waals surface area (Å²) in [6.45, 7) is -8.29. The molecule has 100 heavy (non-hydrogen) atoms. The van der Waals surface area contributed by atoms with Gasteiger partial charge < -0.3 is 219 Å². The Morgan fingerprint density at radius 1 is 0.390 bits per heavy atom. The topological polar surface area (TPSA) is 751 Å². The monoisotopic (exact) mass is 1470 g/mol. The van der Waals surface area contributed by atoms with Crippen LogP contribution in [0.3, 0.4) is 0 Å². The maximum atomic E-state index is 12.4. The minimum atomic E-state index is -3.23. The lowest BCUT2D eigenvalue weighted by molar-refractivity contribution is -0.409. The largest absolute Gasteiger partial charge is 0.477 e. The van der Waals surface area contributed by atoms with Crippen LogP contribution in [0.15, 0.2) is 0 Å². The highest BCUT2D eigenvalue weighted by atomic mass is 16.8. The second kappa shape index (κ2) is 35.3. The maximum absolute atomic E-state index is 12.4. The standard InChI is InChI=1S/C54H91NO45/c1-11(63)55-21-27(73)22(68)16(6-59)87-46(21)98-44-29(75)24(70)19(9-62)90-52(44)99-45-30(76)25(71)18(8-61)89-51(45)97-41-26(72)20(10-86-47-31(77)28(74)23(69)17(7-60)88-47)91-48(34(41)80)95-42-32(78)38(14(66)4-57)93-50(36(42)82)96-43-33(79)37(13(65)3-56)92-49(35(43)81)94-39-12(64)2-54(85,53(83)84)100-40(39)15(67)5-58/h12-52,56-62,64-82,85H,2-10H2,1H3,(H,55,63)(H,83,84)/t12-,13?,14?,15-,16-,17-,18-,19-,20-,21-,22-,23+,24-,25+,26-,27-,28+,29+,30+,31-,32?,33?,34-,35?,36?,37?,38?,39-,40-,41+,42?,43?,44-,45-,46?,47?,48-,49?,50?,51-,52-,54?/m1/s1. The zero-order chi connectivity index (χ0) is 74.0. The summed E-state index contributed by atoms with van der Waals surface area (Å²) >= 11 is 0. The maximum Gasteiger partial charge on any atom is 0.364 e. The number of rotatable bonds is 27. The minimum absolute atomic E-state index is 0.863. The summed E-state index contributed by atoms with van der Waals surface area (Å²) in [6, 6.07) is -1.76. The molecule has 8 fully saturated rings. The Labute approximate surface area is 563 Å². The fraction of sp³-hybridized carbons (Fsp3) is 0.963. The number of aliphatic carboxylic acids is 1. The fourth-order valence-electron chi connectivity index (χ4n) is 12.6. The minimum Gasteiger partial charge on any atom is -0.477 e. The Balaban J connectivity index is 1.13. The predicted octanol–water partition coefficient (Wildman–Crippen LogP) is -19.7. The van der Waals surface area contributed by atoms with Crippen molar-refractivity contribution in [3.8, 4) is 0 Å². The van der Waals surface area contributed by atoms with Gasteiger partial charge in [0.05, 0.1) is 59.0 Å². The van der Waals surface area contributed by atoms with Gasteiger partial charge >= 0.3 is 5.97 Å². The molecular weight excluding hydrogens is 1380 g/mol. The highest BCUT2D eigenvalue weighted by Crippen LogP contribution is 2.41. The molecule has 0 bridgehead atoms. The quantitative estimate of drug-likeness (QED) is 0.0363. The Morgan fingerprint density at radius 2 is 0.740 bits per heavy atom. The number of carboxylic acids is 1. The first-order valence-corrected chi connectivity index (χ1v) is 31.4. The molecule has 0 aromatic heterocycles. The average Bonchev–Trinajstić information content (AvgIpc) is 0.765. The predicted molar refractivity (Wildman–Crippen MR) is 299 cm³/mol. The van der Waals surface area contributed by atoms with E-state index < -0.39 is 328 Å². The van der Waals surface area contributed by atoms with Gasteiger partial charge in [-0.15, -0.1) is 0 Å². The average molecular weight is 1470 g/mol. The van der Waals surface area contributed by atoms with Gasteiger partial charge in [0.25, 0.3) is 5.79 Å². The third-order valence-corrected chi connectivity index (χ3v) is 18.3. The van der Waals surface area contributed by atoms with Gasteiger partial charge in [-0.2, -0.15) is 0 Å². The van der Waals surface area contributed by atoms with Crippen LogP contribution in [-0.2, 0) is 80.6 Å². The SMILES string of the molecule is CC(=O)N[C@H]1C(O[C@H]2[C@@H](O[C@H]3[C@@H](O[C@@H]4[C@@H](O)[C@@H](OC5C(O)C(OC6C(O)C(O[C@H]7[C@@H]([C@H](O)CO)OC(O)(C(=O)O)C[C@H]7O)OC(C(O)CO)C6O)OC(C(O)CO)C5O)O[C@H](COC5O[C@H](CO)[C@H](O)[C@H](O)[C@H]5O)[C@H]4O)O[C@H](CO)[C@H](O)[C@@H]3O)O[C@H](CO)[C@@H](O)[C@@H]2O)O[C@H](CO)[C@@H](O)[C@@H]1O. The second-order valence-corrected chi connectivity index (χ2v) is 25.1. The molecule has 8 heterocycles. The van der Waals surface area contributed by atoms with E-state index >= 15 is 0 Å². The lowest BCUT2D eigenvalue weighted by atomic mass is 9.91. The molecule has 0 saturated carbocycles. The van der Waals surface area contributed by atoms with E-state index in [2.05, 4.69) is 5.32 Å². The van der Waals surface area contributed by atoms with Crippen LogP contribution in [0.5, 0.6) is 0 Å². The van der Waals surface area contributed by atoms with Crippen LogP contribution < -0.4 is 5.32 Å². The van der Waals surface area contributed by atoms with Gasteiger partial charge in [-0.3, -0.25) is 4.79 Å². The first-order valence-electron chi connectivity index (χ1n) is 31.4. The summed E-state index contributed by atoms with van der Waals surface area (Å²) in [6.07, 6.45) is -90.6. The van der Waals surface area contributed by atoms with Crippen LogP contribution in [0.25, 0.3) is 0 Å². The lowest BCUT2D eigenvalue weighted by Crippen LogP contribution is -2.70. The van der Waals surface area contributed by atoms with Crippen LogP contribution in [0.4, 0.5) is 0 Å². The summed E-state index contributed by atoms with van der Waals surface area (Å²) in [5.41, 5.74) is 0. The molecule has 8 aliphatic heterocycles. The molecule has 8 saturated heterocycles. The summed E-state index contributed by atoms with van der Waals surface area (Å²) in [4.78, 5) is 24.3. The first kappa shape index (κ1) is 82.9. The normalized spacial score (nSPS) is 49.9. The zero-order valence-electron chi connectivity index (χ0n) is 52.5. The van der Waals surface area contributed by atoms with Crippen molar-refractivity contribution < 1.29 is 224 Å². The molecule has 46 heteroatoms. The van der Waals surface area contributed by atoms with Crippen LogP contribution in [-0.4, -0.2) is 465 Å². The van der Waals surface area contributed by atoms with E-state index in [1.54, 1.807) is 0 Å². The van der Waals surface area contributed by atoms with Crippen molar-refractivity contribution in [3.05, 3.63) is 0 Å². The van der Waals surface area contributed by atoms with E-state index in [1.165, 1.54) is 0 Å². The summed E-state index contributed by atoms with van der Waals surface area (Å²) in [5, 5.41) is 308. The van der Waals surface area contributed by atoms with E-state index in [1.807, 2.05) is 0 Å². The fourth-order valence-corrected chi connectivity index (χ4v) is 12.6.